The highest BCUT2D eigenvalue weighted by Gasteiger charge is 2.11. The van der Waals surface area contributed by atoms with Gasteiger partial charge in [-0.2, -0.15) is 0 Å². The van der Waals surface area contributed by atoms with Crippen molar-refractivity contribution < 1.29 is 14.3 Å². The van der Waals surface area contributed by atoms with Crippen LogP contribution in [0.2, 0.25) is 0 Å². The second kappa shape index (κ2) is 7.38. The fraction of sp³-hybridized carbons (Fsp3) is 0.300. The van der Waals surface area contributed by atoms with E-state index >= 15 is 0 Å². The zero-order chi connectivity index (χ0) is 17.8. The maximum absolute atomic E-state index is 12.1. The Labute approximate surface area is 147 Å². The standard InChI is InChI=1S/C20H22N2O3/c1-14(2)25-16-8-6-7-15(11-16)12-20(23)24-13-19-21-17-9-4-5-10-18(17)22(19)3/h4-11,14H,12-13H2,1-3H3. The highest BCUT2D eigenvalue weighted by molar-refractivity contribution is 5.76. The number of imidazole rings is 1. The number of carbonyl (C=O) groups excluding carboxylic acids is 1. The van der Waals surface area contributed by atoms with Crippen molar-refractivity contribution in [3.8, 4) is 5.75 Å². The first-order chi connectivity index (χ1) is 12.0. The highest BCUT2D eigenvalue weighted by Crippen LogP contribution is 2.17. The van der Waals surface area contributed by atoms with Crippen molar-refractivity contribution in [3.05, 3.63) is 59.9 Å². The lowest BCUT2D eigenvalue weighted by molar-refractivity contribution is -0.144. The van der Waals surface area contributed by atoms with Crippen LogP contribution in [0.5, 0.6) is 5.75 Å². The fourth-order valence-electron chi connectivity index (χ4n) is 2.69. The topological polar surface area (TPSA) is 53.4 Å². The number of esters is 1. The van der Waals surface area contributed by atoms with E-state index in [-0.39, 0.29) is 25.1 Å². The smallest absolute Gasteiger partial charge is 0.310 e. The van der Waals surface area contributed by atoms with Gasteiger partial charge in [-0.25, -0.2) is 4.98 Å². The Bertz CT molecular complexity index is 884. The number of benzene rings is 2. The zero-order valence-electron chi connectivity index (χ0n) is 14.7. The maximum atomic E-state index is 12.1. The van der Waals surface area contributed by atoms with E-state index in [4.69, 9.17) is 9.47 Å². The van der Waals surface area contributed by atoms with Gasteiger partial charge in [0.15, 0.2) is 0 Å². The number of hydrogen-bond donors (Lipinski definition) is 0. The quantitative estimate of drug-likeness (QED) is 0.644. The molecule has 0 atom stereocenters. The lowest BCUT2D eigenvalue weighted by atomic mass is 10.1. The molecule has 0 bridgehead atoms. The number of rotatable bonds is 6. The summed E-state index contributed by atoms with van der Waals surface area (Å²) in [6.45, 7) is 4.10. The first kappa shape index (κ1) is 17.0. The molecule has 0 amide bonds. The maximum Gasteiger partial charge on any atom is 0.310 e. The van der Waals surface area contributed by atoms with Crippen molar-refractivity contribution in [2.45, 2.75) is 33.0 Å². The minimum Gasteiger partial charge on any atom is -0.491 e. The number of carbonyl (C=O) groups is 1. The summed E-state index contributed by atoms with van der Waals surface area (Å²) in [5.74, 6) is 1.20. The van der Waals surface area contributed by atoms with Crippen LogP contribution in [0.15, 0.2) is 48.5 Å². The van der Waals surface area contributed by atoms with Gasteiger partial charge < -0.3 is 14.0 Å². The number of hydrogen-bond acceptors (Lipinski definition) is 4. The molecule has 0 spiro atoms. The molecular weight excluding hydrogens is 316 g/mol. The Balaban J connectivity index is 1.62. The molecule has 2 aromatic carbocycles. The van der Waals surface area contributed by atoms with Crippen LogP contribution < -0.4 is 4.74 Å². The van der Waals surface area contributed by atoms with Crippen LogP contribution in [0, 0.1) is 0 Å². The normalized spacial score (nSPS) is 11.0. The minimum absolute atomic E-state index is 0.0970. The van der Waals surface area contributed by atoms with Crippen molar-refractivity contribution in [2.75, 3.05) is 0 Å². The molecule has 0 aliphatic heterocycles. The van der Waals surface area contributed by atoms with E-state index < -0.39 is 0 Å². The van der Waals surface area contributed by atoms with Crippen molar-refractivity contribution >= 4 is 17.0 Å². The molecule has 130 valence electrons. The Morgan fingerprint density at radius 1 is 1.16 bits per heavy atom. The Morgan fingerprint density at radius 3 is 2.72 bits per heavy atom. The molecule has 1 heterocycles. The molecule has 3 rings (SSSR count). The van der Waals surface area contributed by atoms with E-state index in [1.807, 2.05) is 74.0 Å². The number of ether oxygens (including phenoxy) is 2. The summed E-state index contributed by atoms with van der Waals surface area (Å²) >= 11 is 0. The predicted molar refractivity (Wildman–Crippen MR) is 96.4 cm³/mol. The predicted octanol–water partition coefficient (Wildman–Crippen LogP) is 3.65. The molecule has 0 aliphatic carbocycles. The molecule has 0 saturated heterocycles. The van der Waals surface area contributed by atoms with Crippen molar-refractivity contribution in [3.63, 3.8) is 0 Å². The minimum atomic E-state index is -0.284. The van der Waals surface area contributed by atoms with E-state index in [9.17, 15) is 4.79 Å². The molecule has 0 fully saturated rings. The van der Waals surface area contributed by atoms with E-state index in [0.29, 0.717) is 0 Å². The molecule has 0 unspecified atom stereocenters. The van der Waals surface area contributed by atoms with Crippen LogP contribution in [-0.2, 0) is 29.6 Å². The first-order valence-electron chi connectivity index (χ1n) is 8.34. The molecule has 0 radical (unpaired) electrons. The van der Waals surface area contributed by atoms with Gasteiger partial charge >= 0.3 is 5.97 Å². The fourth-order valence-corrected chi connectivity index (χ4v) is 2.69. The third-order valence-corrected chi connectivity index (χ3v) is 3.86. The SMILES string of the molecule is CC(C)Oc1cccc(CC(=O)OCc2nc3ccccc3n2C)c1. The molecule has 0 N–H and O–H groups in total. The van der Waals surface area contributed by atoms with Gasteiger partial charge in [-0.3, -0.25) is 4.79 Å². The van der Waals surface area contributed by atoms with Crippen LogP contribution in [0.4, 0.5) is 0 Å². The molecule has 5 nitrogen and oxygen atoms in total. The Hall–Kier alpha value is -2.82. The van der Waals surface area contributed by atoms with Crippen LogP contribution in [0.1, 0.15) is 25.2 Å². The summed E-state index contributed by atoms with van der Waals surface area (Å²) in [5.41, 5.74) is 2.79. The molecule has 5 heteroatoms. The lowest BCUT2D eigenvalue weighted by Gasteiger charge is -2.11. The summed E-state index contributed by atoms with van der Waals surface area (Å²) in [6, 6.07) is 15.4. The number of aryl methyl sites for hydroxylation is 1. The average Bonchev–Trinajstić information content (AvgIpc) is 2.89. The van der Waals surface area contributed by atoms with Gasteiger partial charge in [-0.15, -0.1) is 0 Å². The lowest BCUT2D eigenvalue weighted by Crippen LogP contribution is -2.11. The average molecular weight is 338 g/mol. The second-order valence-electron chi connectivity index (χ2n) is 6.23. The second-order valence-corrected chi connectivity index (χ2v) is 6.23. The van der Waals surface area contributed by atoms with Crippen molar-refractivity contribution in [1.29, 1.82) is 0 Å². The number of aromatic nitrogens is 2. The van der Waals surface area contributed by atoms with Gasteiger partial charge in [0.05, 0.1) is 23.6 Å². The van der Waals surface area contributed by atoms with Gasteiger partial charge in [0.2, 0.25) is 0 Å². The summed E-state index contributed by atoms with van der Waals surface area (Å²) in [5, 5.41) is 0. The monoisotopic (exact) mass is 338 g/mol. The zero-order valence-corrected chi connectivity index (χ0v) is 14.7. The first-order valence-corrected chi connectivity index (χ1v) is 8.34. The number of fused-ring (bicyclic) bond motifs is 1. The summed E-state index contributed by atoms with van der Waals surface area (Å²) in [4.78, 5) is 16.6. The molecule has 1 aromatic heterocycles. The van der Waals surface area contributed by atoms with E-state index in [0.717, 1.165) is 28.2 Å². The summed E-state index contributed by atoms with van der Waals surface area (Å²) in [7, 11) is 1.92. The van der Waals surface area contributed by atoms with E-state index in [1.54, 1.807) is 0 Å². The van der Waals surface area contributed by atoms with Gasteiger partial charge in [-0.05, 0) is 43.7 Å². The molecule has 25 heavy (non-hydrogen) atoms. The Morgan fingerprint density at radius 2 is 1.96 bits per heavy atom. The third-order valence-electron chi connectivity index (χ3n) is 3.86. The van der Waals surface area contributed by atoms with Crippen molar-refractivity contribution in [2.24, 2.45) is 7.05 Å². The van der Waals surface area contributed by atoms with Gasteiger partial charge in [-0.1, -0.05) is 24.3 Å². The molecule has 0 saturated carbocycles. The Kier molecular flexibility index (Phi) is 5.03. The van der Waals surface area contributed by atoms with Gasteiger partial charge in [0, 0.05) is 7.05 Å². The van der Waals surface area contributed by atoms with Gasteiger partial charge in [0.25, 0.3) is 0 Å². The molecule has 0 aliphatic rings. The summed E-state index contributed by atoms with van der Waals surface area (Å²) < 4.78 is 13.0. The summed E-state index contributed by atoms with van der Waals surface area (Å²) in [6.07, 6.45) is 0.305. The van der Waals surface area contributed by atoms with Crippen LogP contribution in [-0.4, -0.2) is 21.6 Å². The highest BCUT2D eigenvalue weighted by atomic mass is 16.5. The molecular formula is C20H22N2O3. The van der Waals surface area contributed by atoms with Crippen LogP contribution >= 0.6 is 0 Å². The molecule has 3 aromatic rings. The largest absolute Gasteiger partial charge is 0.491 e. The number of para-hydroxylation sites is 2. The van der Waals surface area contributed by atoms with Gasteiger partial charge in [0.1, 0.15) is 18.2 Å². The van der Waals surface area contributed by atoms with Crippen molar-refractivity contribution in [1.82, 2.24) is 9.55 Å². The van der Waals surface area contributed by atoms with E-state index in [2.05, 4.69) is 4.98 Å². The van der Waals surface area contributed by atoms with Crippen LogP contribution in [0.3, 0.4) is 0 Å². The van der Waals surface area contributed by atoms with E-state index in [1.165, 1.54) is 0 Å². The number of nitrogens with zero attached hydrogens (tertiary/aromatic N) is 2. The third kappa shape index (κ3) is 4.18. The van der Waals surface area contributed by atoms with Crippen LogP contribution in [0.25, 0.3) is 11.0 Å².